The third kappa shape index (κ3) is 7.28. The highest BCUT2D eigenvalue weighted by Gasteiger charge is 2.34. The standard InChI is InChI=1S/C34H44N10O4/c1-23(48-35-2)44(43-17-13-41(4)14-18-43)27-10-6-9-26(20-27)32-30-29(33(46)39-32)31(38-34(30)47)25-8-5-7-24(19-25)21-36-28(45)22-37-42-15-11-40(3)12-16-42/h5-10,19-20,35,37-38,47H,1,11-18,21-22H2,2-4H3,(H,36,45). The molecule has 0 aliphatic carbocycles. The number of likely N-dealkylation sites (N-methyl/N-ethyl adjacent to an activating group) is 2. The maximum Gasteiger partial charge on any atom is 0.280 e. The molecule has 0 spiro atoms. The number of aromatic amines is 1. The number of fused-ring (bicyclic) bond motifs is 1. The number of aromatic hydroxyl groups is 1. The molecule has 4 heterocycles. The van der Waals surface area contributed by atoms with Gasteiger partial charge in [0.25, 0.3) is 5.91 Å². The molecule has 5 N–H and O–H groups in total. The Balaban J connectivity index is 1.19. The zero-order valence-electron chi connectivity index (χ0n) is 27.8. The van der Waals surface area contributed by atoms with Crippen LogP contribution in [0.4, 0.5) is 5.69 Å². The first kappa shape index (κ1) is 33.3. The fourth-order valence-electron chi connectivity index (χ4n) is 6.22. The topological polar surface area (TPSA) is 144 Å². The second kappa shape index (κ2) is 14.7. The third-order valence-electron chi connectivity index (χ3n) is 8.90. The number of hydrogen-bond donors (Lipinski definition) is 5. The van der Waals surface area contributed by atoms with Crippen LogP contribution in [-0.2, 0) is 16.2 Å². The van der Waals surface area contributed by atoms with Crippen molar-refractivity contribution in [3.8, 4) is 17.1 Å². The second-order valence-electron chi connectivity index (χ2n) is 12.3. The predicted octanol–water partition coefficient (Wildman–Crippen LogP) is 1.34. The van der Waals surface area contributed by atoms with Gasteiger partial charge in [0.05, 0.1) is 34.8 Å². The Labute approximate surface area is 280 Å². The van der Waals surface area contributed by atoms with Crippen LogP contribution in [0.2, 0.25) is 0 Å². The van der Waals surface area contributed by atoms with Gasteiger partial charge in [-0.3, -0.25) is 9.59 Å². The van der Waals surface area contributed by atoms with Crippen LogP contribution in [0.1, 0.15) is 27.0 Å². The molecule has 14 heteroatoms. The summed E-state index contributed by atoms with van der Waals surface area (Å²) in [5.41, 5.74) is 10.4. The highest BCUT2D eigenvalue weighted by Crippen LogP contribution is 2.39. The number of aromatic nitrogens is 1. The number of hydrogen-bond acceptors (Lipinski definition) is 11. The smallest absolute Gasteiger partial charge is 0.280 e. The van der Waals surface area contributed by atoms with Crippen LogP contribution in [-0.4, -0.2) is 127 Å². The summed E-state index contributed by atoms with van der Waals surface area (Å²) in [6, 6.07) is 15.1. The highest BCUT2D eigenvalue weighted by atomic mass is 16.7. The summed E-state index contributed by atoms with van der Waals surface area (Å²) in [5, 5.41) is 20.2. The van der Waals surface area contributed by atoms with E-state index in [4.69, 9.17) is 4.84 Å². The molecule has 2 fully saturated rings. The number of H-pyrrole nitrogens is 1. The predicted molar refractivity (Wildman–Crippen MR) is 184 cm³/mol. The number of nitrogens with zero attached hydrogens (tertiary/aromatic N) is 6. The zero-order chi connectivity index (χ0) is 33.8. The summed E-state index contributed by atoms with van der Waals surface area (Å²) >= 11 is 0. The van der Waals surface area contributed by atoms with Gasteiger partial charge in [-0.05, 0) is 50.0 Å². The Kier molecular flexibility index (Phi) is 10.2. The van der Waals surface area contributed by atoms with Gasteiger partial charge in [0.2, 0.25) is 11.8 Å². The van der Waals surface area contributed by atoms with E-state index in [1.807, 2.05) is 53.5 Å². The number of carbonyl (C=O) groups is 2. The third-order valence-corrected chi connectivity index (χ3v) is 8.90. The fraction of sp³-hybridized carbons (Fsp3) is 0.382. The van der Waals surface area contributed by atoms with Crippen molar-refractivity contribution >= 4 is 23.2 Å². The first-order valence-corrected chi connectivity index (χ1v) is 16.2. The summed E-state index contributed by atoms with van der Waals surface area (Å²) in [6.45, 7) is 11.6. The lowest BCUT2D eigenvalue weighted by Gasteiger charge is -2.41. The molecule has 254 valence electrons. The highest BCUT2D eigenvalue weighted by molar-refractivity contribution is 6.30. The maximum absolute atomic E-state index is 13.4. The zero-order valence-corrected chi connectivity index (χ0v) is 27.8. The van der Waals surface area contributed by atoms with Crippen LogP contribution in [0.5, 0.6) is 5.88 Å². The van der Waals surface area contributed by atoms with E-state index in [0.29, 0.717) is 46.1 Å². The number of benzene rings is 2. The van der Waals surface area contributed by atoms with E-state index in [-0.39, 0.29) is 18.3 Å². The fourth-order valence-corrected chi connectivity index (χ4v) is 6.22. The molecule has 1 aromatic heterocycles. The summed E-state index contributed by atoms with van der Waals surface area (Å²) < 4.78 is 0. The first-order valence-electron chi connectivity index (χ1n) is 16.2. The monoisotopic (exact) mass is 656 g/mol. The largest absolute Gasteiger partial charge is 0.494 e. The Morgan fingerprint density at radius 3 is 2.40 bits per heavy atom. The van der Waals surface area contributed by atoms with Gasteiger partial charge in [-0.1, -0.05) is 30.3 Å². The minimum Gasteiger partial charge on any atom is -0.494 e. The summed E-state index contributed by atoms with van der Waals surface area (Å²) in [5.74, 6) is -0.286. The Morgan fingerprint density at radius 1 is 0.979 bits per heavy atom. The van der Waals surface area contributed by atoms with E-state index >= 15 is 0 Å². The number of hydroxylamine groups is 1. The molecule has 0 bridgehead atoms. The summed E-state index contributed by atoms with van der Waals surface area (Å²) in [7, 11) is 5.86. The van der Waals surface area contributed by atoms with E-state index in [1.54, 1.807) is 7.05 Å². The quantitative estimate of drug-likeness (QED) is 0.142. The molecule has 2 amide bonds. The normalized spacial score (nSPS) is 17.6. The molecule has 0 unspecified atom stereocenters. The molecule has 48 heavy (non-hydrogen) atoms. The van der Waals surface area contributed by atoms with Gasteiger partial charge >= 0.3 is 0 Å². The second-order valence-corrected chi connectivity index (χ2v) is 12.3. The molecule has 3 aromatic rings. The van der Waals surface area contributed by atoms with Crippen molar-refractivity contribution in [3.63, 3.8) is 0 Å². The number of amides is 2. The van der Waals surface area contributed by atoms with E-state index in [2.05, 4.69) is 66.7 Å². The number of rotatable bonds is 12. The minimum absolute atomic E-state index is 0.111. The molecule has 14 nitrogen and oxygen atoms in total. The van der Waals surface area contributed by atoms with Crippen molar-refractivity contribution in [2.24, 2.45) is 4.99 Å². The lowest BCUT2D eigenvalue weighted by atomic mass is 9.99. The van der Waals surface area contributed by atoms with Crippen LogP contribution in [0.25, 0.3) is 11.3 Å². The number of anilines is 1. The molecule has 6 rings (SSSR count). The van der Waals surface area contributed by atoms with Crippen molar-refractivity contribution in [2.75, 3.05) is 85.1 Å². The van der Waals surface area contributed by atoms with Gasteiger partial charge in [0.15, 0.2) is 5.88 Å². The maximum atomic E-state index is 13.4. The molecular formula is C34H44N10O4. The van der Waals surface area contributed by atoms with Crippen LogP contribution in [0.15, 0.2) is 66.0 Å². The van der Waals surface area contributed by atoms with E-state index < -0.39 is 5.91 Å². The van der Waals surface area contributed by atoms with E-state index in [1.165, 1.54) is 0 Å². The lowest BCUT2D eigenvalue weighted by Crippen LogP contribution is -2.53. The number of aliphatic imine (C=N–C) groups is 1. The van der Waals surface area contributed by atoms with Gasteiger partial charge in [0.1, 0.15) is 0 Å². The van der Waals surface area contributed by atoms with E-state index in [0.717, 1.165) is 63.6 Å². The Hall–Kier alpha value is -4.57. The molecular weight excluding hydrogens is 612 g/mol. The van der Waals surface area contributed by atoms with Gasteiger partial charge in [-0.25, -0.2) is 25.4 Å². The SMILES string of the molecule is C=C(ONC)N(c1cccc(C2=NC(=O)c3c(-c4cccc(CNC(=O)CNN5CCN(C)CC5)c4)[nH]c(O)c32)c1)N1CCN(C)CC1. The van der Waals surface area contributed by atoms with Crippen LogP contribution in [0, 0.1) is 0 Å². The number of nitrogens with one attached hydrogen (secondary N) is 4. The molecule has 3 aliphatic rings. The number of piperazine rings is 2. The van der Waals surface area contributed by atoms with Crippen molar-refractivity contribution in [3.05, 3.63) is 83.2 Å². The average molecular weight is 657 g/mol. The molecule has 0 saturated carbocycles. The molecule has 2 saturated heterocycles. The lowest BCUT2D eigenvalue weighted by molar-refractivity contribution is -0.121. The average Bonchev–Trinajstić information content (AvgIpc) is 3.62. The van der Waals surface area contributed by atoms with Crippen molar-refractivity contribution in [2.45, 2.75) is 6.54 Å². The number of hydrazine groups is 2. The van der Waals surface area contributed by atoms with Gasteiger partial charge in [-0.2, -0.15) is 5.48 Å². The van der Waals surface area contributed by atoms with Gasteiger partial charge < -0.3 is 30.0 Å². The molecule has 3 aliphatic heterocycles. The number of carbonyl (C=O) groups excluding carboxylic acids is 2. The Bertz CT molecular complexity index is 1690. The molecule has 2 aromatic carbocycles. The summed E-state index contributed by atoms with van der Waals surface area (Å²) in [4.78, 5) is 43.5. The molecule has 0 atom stereocenters. The van der Waals surface area contributed by atoms with Crippen LogP contribution in [0.3, 0.4) is 0 Å². The van der Waals surface area contributed by atoms with Crippen LogP contribution >= 0.6 is 0 Å². The van der Waals surface area contributed by atoms with E-state index in [9.17, 15) is 14.7 Å². The van der Waals surface area contributed by atoms with Crippen molar-refractivity contribution in [1.82, 2.24) is 41.0 Å². The van der Waals surface area contributed by atoms with Crippen molar-refractivity contribution < 1.29 is 19.5 Å². The summed E-state index contributed by atoms with van der Waals surface area (Å²) in [6.07, 6.45) is 0. The molecule has 0 radical (unpaired) electrons. The van der Waals surface area contributed by atoms with Crippen molar-refractivity contribution in [1.29, 1.82) is 0 Å². The van der Waals surface area contributed by atoms with Gasteiger partial charge in [-0.15, -0.1) is 0 Å². The minimum atomic E-state index is -0.440. The van der Waals surface area contributed by atoms with Crippen LogP contribution < -0.4 is 21.2 Å². The Morgan fingerprint density at radius 2 is 1.67 bits per heavy atom. The first-order chi connectivity index (χ1) is 23.2. The van der Waals surface area contributed by atoms with Gasteiger partial charge in [0, 0.05) is 71.5 Å².